The van der Waals surface area contributed by atoms with E-state index in [1.807, 2.05) is 12.1 Å². The molecule has 1 rings (SSSR count). The van der Waals surface area contributed by atoms with Gasteiger partial charge in [-0.05, 0) is 36.6 Å². The molecule has 1 aromatic rings. The van der Waals surface area contributed by atoms with Crippen molar-refractivity contribution in [2.75, 3.05) is 24.2 Å². The number of nitrogens with two attached hydrogens (primary N) is 1. The highest BCUT2D eigenvalue weighted by Crippen LogP contribution is 2.17. The maximum Gasteiger partial charge on any atom is 0.0365 e. The Morgan fingerprint density at radius 3 is 2.40 bits per heavy atom. The summed E-state index contributed by atoms with van der Waals surface area (Å²) in [5.74, 6) is 0.748. The summed E-state index contributed by atoms with van der Waals surface area (Å²) in [6.45, 7) is 5.65. The molecule has 2 heteroatoms. The molecule has 0 aliphatic heterocycles. The van der Waals surface area contributed by atoms with Gasteiger partial charge in [-0.25, -0.2) is 0 Å². The van der Waals surface area contributed by atoms with Crippen LogP contribution in [0.1, 0.15) is 26.7 Å². The zero-order chi connectivity index (χ0) is 11.3. The lowest BCUT2D eigenvalue weighted by molar-refractivity contribution is 0.524. The molecule has 0 amide bonds. The molecular weight excluding hydrogens is 184 g/mol. The molecule has 1 atom stereocenters. The molecule has 0 aliphatic rings. The van der Waals surface area contributed by atoms with Gasteiger partial charge in [-0.1, -0.05) is 20.3 Å². The number of nitrogen functional groups attached to an aromatic ring is 1. The highest BCUT2D eigenvalue weighted by atomic mass is 15.1. The number of benzene rings is 1. The molecule has 0 radical (unpaired) electrons. The number of anilines is 2. The van der Waals surface area contributed by atoms with Crippen LogP contribution in [-0.4, -0.2) is 13.6 Å². The van der Waals surface area contributed by atoms with Crippen LogP contribution < -0.4 is 10.6 Å². The Morgan fingerprint density at radius 2 is 1.87 bits per heavy atom. The van der Waals surface area contributed by atoms with Crippen molar-refractivity contribution in [1.82, 2.24) is 0 Å². The van der Waals surface area contributed by atoms with Crippen LogP contribution >= 0.6 is 0 Å². The van der Waals surface area contributed by atoms with Gasteiger partial charge in [0.2, 0.25) is 0 Å². The van der Waals surface area contributed by atoms with Gasteiger partial charge in [-0.15, -0.1) is 0 Å². The van der Waals surface area contributed by atoms with Crippen molar-refractivity contribution < 1.29 is 0 Å². The zero-order valence-corrected chi connectivity index (χ0v) is 10.0. The first-order valence-corrected chi connectivity index (χ1v) is 5.70. The molecule has 84 valence electrons. The van der Waals surface area contributed by atoms with Gasteiger partial charge in [0.15, 0.2) is 0 Å². The molecular formula is C13H22N2. The smallest absolute Gasteiger partial charge is 0.0365 e. The van der Waals surface area contributed by atoms with E-state index in [1.165, 1.54) is 18.5 Å². The topological polar surface area (TPSA) is 29.3 Å². The van der Waals surface area contributed by atoms with E-state index in [4.69, 9.17) is 5.73 Å². The second-order valence-electron chi connectivity index (χ2n) is 4.37. The second kappa shape index (κ2) is 5.64. The summed E-state index contributed by atoms with van der Waals surface area (Å²) in [5, 5.41) is 0. The van der Waals surface area contributed by atoms with Gasteiger partial charge in [0.1, 0.15) is 0 Å². The monoisotopic (exact) mass is 206 g/mol. The summed E-state index contributed by atoms with van der Waals surface area (Å²) >= 11 is 0. The van der Waals surface area contributed by atoms with Crippen LogP contribution in [-0.2, 0) is 0 Å². The average molecular weight is 206 g/mol. The van der Waals surface area contributed by atoms with E-state index in [0.29, 0.717) is 0 Å². The number of hydrogen-bond donors (Lipinski definition) is 1. The van der Waals surface area contributed by atoms with E-state index < -0.39 is 0 Å². The van der Waals surface area contributed by atoms with Crippen molar-refractivity contribution in [2.24, 2.45) is 5.92 Å². The minimum atomic E-state index is 0.748. The minimum absolute atomic E-state index is 0.748. The van der Waals surface area contributed by atoms with Crippen molar-refractivity contribution in [3.05, 3.63) is 24.3 Å². The Hall–Kier alpha value is -1.18. The molecule has 1 aromatic carbocycles. The molecule has 0 saturated carbocycles. The Bertz CT molecular complexity index is 279. The standard InChI is InChI=1S/C13H22N2/c1-4-5-11(2)10-15(3)13-8-6-12(14)7-9-13/h6-9,11H,4-5,10,14H2,1-3H3. The summed E-state index contributed by atoms with van der Waals surface area (Å²) in [5.41, 5.74) is 7.73. The minimum Gasteiger partial charge on any atom is -0.399 e. The molecule has 0 fully saturated rings. The third-order valence-electron chi connectivity index (χ3n) is 2.70. The maximum atomic E-state index is 5.66. The highest BCUT2D eigenvalue weighted by Gasteiger charge is 2.05. The Morgan fingerprint density at radius 1 is 1.27 bits per heavy atom. The first kappa shape index (κ1) is 11.9. The van der Waals surface area contributed by atoms with Crippen LogP contribution in [0.25, 0.3) is 0 Å². The molecule has 0 heterocycles. The van der Waals surface area contributed by atoms with Crippen LogP contribution in [0.4, 0.5) is 11.4 Å². The quantitative estimate of drug-likeness (QED) is 0.750. The summed E-state index contributed by atoms with van der Waals surface area (Å²) in [6, 6.07) is 8.06. The lowest BCUT2D eigenvalue weighted by Crippen LogP contribution is -2.23. The van der Waals surface area contributed by atoms with Crippen molar-refractivity contribution in [3.63, 3.8) is 0 Å². The van der Waals surface area contributed by atoms with E-state index in [9.17, 15) is 0 Å². The molecule has 0 aromatic heterocycles. The first-order valence-electron chi connectivity index (χ1n) is 5.70. The van der Waals surface area contributed by atoms with E-state index in [0.717, 1.165) is 18.2 Å². The Kier molecular flexibility index (Phi) is 4.47. The zero-order valence-electron chi connectivity index (χ0n) is 10.0. The SMILES string of the molecule is CCCC(C)CN(C)c1ccc(N)cc1. The van der Waals surface area contributed by atoms with Crippen molar-refractivity contribution in [2.45, 2.75) is 26.7 Å². The molecule has 0 aliphatic carbocycles. The fourth-order valence-corrected chi connectivity index (χ4v) is 1.89. The Balaban J connectivity index is 2.53. The number of nitrogens with zero attached hydrogens (tertiary/aromatic N) is 1. The van der Waals surface area contributed by atoms with E-state index in [2.05, 4.69) is 37.9 Å². The lowest BCUT2D eigenvalue weighted by Gasteiger charge is -2.23. The third-order valence-corrected chi connectivity index (χ3v) is 2.70. The van der Waals surface area contributed by atoms with Gasteiger partial charge < -0.3 is 10.6 Å². The second-order valence-corrected chi connectivity index (χ2v) is 4.37. The largest absolute Gasteiger partial charge is 0.399 e. The number of hydrogen-bond acceptors (Lipinski definition) is 2. The maximum absolute atomic E-state index is 5.66. The molecule has 2 nitrogen and oxygen atoms in total. The van der Waals surface area contributed by atoms with Crippen molar-refractivity contribution in [3.8, 4) is 0 Å². The predicted octanol–water partition coefficient (Wildman–Crippen LogP) is 3.14. The van der Waals surface area contributed by atoms with E-state index in [-0.39, 0.29) is 0 Å². The molecule has 2 N–H and O–H groups in total. The number of rotatable bonds is 5. The average Bonchev–Trinajstić information content (AvgIpc) is 2.18. The van der Waals surface area contributed by atoms with Crippen LogP contribution in [0, 0.1) is 5.92 Å². The van der Waals surface area contributed by atoms with Gasteiger partial charge in [-0.3, -0.25) is 0 Å². The van der Waals surface area contributed by atoms with Gasteiger partial charge >= 0.3 is 0 Å². The van der Waals surface area contributed by atoms with Crippen LogP contribution in [0.5, 0.6) is 0 Å². The molecule has 0 bridgehead atoms. The van der Waals surface area contributed by atoms with Crippen LogP contribution in [0.3, 0.4) is 0 Å². The summed E-state index contributed by atoms with van der Waals surface area (Å²) in [4.78, 5) is 2.29. The highest BCUT2D eigenvalue weighted by molar-refractivity contribution is 5.52. The van der Waals surface area contributed by atoms with Gasteiger partial charge in [0, 0.05) is 25.0 Å². The van der Waals surface area contributed by atoms with E-state index >= 15 is 0 Å². The van der Waals surface area contributed by atoms with Gasteiger partial charge in [0.05, 0.1) is 0 Å². The van der Waals surface area contributed by atoms with Crippen molar-refractivity contribution >= 4 is 11.4 Å². The molecule has 0 saturated heterocycles. The van der Waals surface area contributed by atoms with Crippen LogP contribution in [0.15, 0.2) is 24.3 Å². The molecule has 15 heavy (non-hydrogen) atoms. The fraction of sp³-hybridized carbons (Fsp3) is 0.538. The molecule has 0 spiro atoms. The normalized spacial score (nSPS) is 12.5. The van der Waals surface area contributed by atoms with Crippen LogP contribution in [0.2, 0.25) is 0 Å². The first-order chi connectivity index (χ1) is 7.13. The molecule has 1 unspecified atom stereocenters. The van der Waals surface area contributed by atoms with Gasteiger partial charge in [0.25, 0.3) is 0 Å². The lowest BCUT2D eigenvalue weighted by atomic mass is 10.1. The summed E-state index contributed by atoms with van der Waals surface area (Å²) < 4.78 is 0. The van der Waals surface area contributed by atoms with E-state index in [1.54, 1.807) is 0 Å². The van der Waals surface area contributed by atoms with Crippen molar-refractivity contribution in [1.29, 1.82) is 0 Å². The summed E-state index contributed by atoms with van der Waals surface area (Å²) in [7, 11) is 2.14. The fourth-order valence-electron chi connectivity index (χ4n) is 1.89. The third kappa shape index (κ3) is 3.82. The Labute approximate surface area is 93.1 Å². The van der Waals surface area contributed by atoms with Gasteiger partial charge in [-0.2, -0.15) is 0 Å². The predicted molar refractivity (Wildman–Crippen MR) is 68.2 cm³/mol. The summed E-state index contributed by atoms with van der Waals surface area (Å²) in [6.07, 6.45) is 2.55.